The van der Waals surface area contributed by atoms with Gasteiger partial charge in [0.2, 0.25) is 0 Å². The molecular weight excluding hydrogens is 427 g/mol. The van der Waals surface area contributed by atoms with Gasteiger partial charge < -0.3 is 23.7 Å². The minimum Gasteiger partial charge on any atom is -0.496 e. The van der Waals surface area contributed by atoms with E-state index in [2.05, 4.69) is 0 Å². The zero-order chi connectivity index (χ0) is 23.8. The molecule has 0 N–H and O–H groups in total. The highest BCUT2D eigenvalue weighted by molar-refractivity contribution is 5.76. The maximum Gasteiger partial charge on any atom is 0.309 e. The van der Waals surface area contributed by atoms with Gasteiger partial charge >= 0.3 is 5.97 Å². The fraction of sp³-hybridized carbons (Fsp3) is 0.423. The number of benzene rings is 2. The van der Waals surface area contributed by atoms with E-state index >= 15 is 4.39 Å². The van der Waals surface area contributed by atoms with Crippen LogP contribution in [0.25, 0.3) is 6.08 Å². The Hall–Kier alpha value is -3.22. The van der Waals surface area contributed by atoms with Crippen molar-refractivity contribution >= 4 is 12.0 Å². The number of methoxy groups -OCH3 is 3. The monoisotopic (exact) mass is 456 g/mol. The number of hydrogen-bond acceptors (Lipinski definition) is 6. The number of rotatable bonds is 8. The highest BCUT2D eigenvalue weighted by atomic mass is 19.1. The van der Waals surface area contributed by atoms with E-state index in [1.165, 1.54) is 14.2 Å². The summed E-state index contributed by atoms with van der Waals surface area (Å²) >= 11 is 0. The van der Waals surface area contributed by atoms with Crippen molar-refractivity contribution in [3.8, 4) is 23.0 Å². The minimum absolute atomic E-state index is 0.0123. The van der Waals surface area contributed by atoms with E-state index in [1.54, 1.807) is 19.2 Å². The molecule has 176 valence electrons. The first-order chi connectivity index (χ1) is 15.8. The molecule has 0 spiro atoms. The summed E-state index contributed by atoms with van der Waals surface area (Å²) in [7, 11) is 4.39. The van der Waals surface area contributed by atoms with Gasteiger partial charge in [0.25, 0.3) is 0 Å². The third-order valence-electron chi connectivity index (χ3n) is 5.90. The van der Waals surface area contributed by atoms with E-state index in [4.69, 9.17) is 23.7 Å². The van der Waals surface area contributed by atoms with Crippen molar-refractivity contribution < 1.29 is 32.9 Å². The molecule has 1 aliphatic carbocycles. The van der Waals surface area contributed by atoms with Gasteiger partial charge in [-0.1, -0.05) is 6.07 Å². The van der Waals surface area contributed by atoms with Crippen molar-refractivity contribution in [2.45, 2.75) is 44.8 Å². The molecule has 1 heterocycles. The topological polar surface area (TPSA) is 63.2 Å². The standard InChI is InChI=1S/C26H29FO6/c1-26(2)13-12-18-19(33-26)11-9-17(23(18)30-4)21(32-25(28)15-6-7-15)14-16-8-10-20(29-3)24(31-5)22(16)27/h8-13,15,21H,6-7,14H2,1-5H3. The first-order valence-corrected chi connectivity index (χ1v) is 11.0. The van der Waals surface area contributed by atoms with Crippen LogP contribution in [0.15, 0.2) is 30.3 Å². The van der Waals surface area contributed by atoms with Crippen molar-refractivity contribution in [3.63, 3.8) is 0 Å². The summed E-state index contributed by atoms with van der Waals surface area (Å²) in [5, 5.41) is 0. The zero-order valence-electron chi connectivity index (χ0n) is 19.6. The Morgan fingerprint density at radius 1 is 1.09 bits per heavy atom. The zero-order valence-corrected chi connectivity index (χ0v) is 19.6. The minimum atomic E-state index is -0.755. The van der Waals surface area contributed by atoms with Crippen molar-refractivity contribution in [3.05, 3.63) is 52.8 Å². The summed E-state index contributed by atoms with van der Waals surface area (Å²) in [4.78, 5) is 12.6. The Balaban J connectivity index is 1.75. The predicted octanol–water partition coefficient (Wildman–Crippen LogP) is 5.27. The van der Waals surface area contributed by atoms with Gasteiger partial charge in [-0.25, -0.2) is 4.39 Å². The summed E-state index contributed by atoms with van der Waals surface area (Å²) < 4.78 is 43.3. The lowest BCUT2D eigenvalue weighted by Gasteiger charge is -2.30. The maximum atomic E-state index is 15.2. The molecular formula is C26H29FO6. The molecule has 2 aromatic rings. The molecule has 0 saturated heterocycles. The van der Waals surface area contributed by atoms with Crippen molar-refractivity contribution in [1.82, 2.24) is 0 Å². The van der Waals surface area contributed by atoms with Crippen molar-refractivity contribution in [2.75, 3.05) is 21.3 Å². The summed E-state index contributed by atoms with van der Waals surface area (Å²) in [6.45, 7) is 3.93. The first kappa shape index (κ1) is 23.0. The van der Waals surface area contributed by atoms with Crippen molar-refractivity contribution in [2.24, 2.45) is 5.92 Å². The largest absolute Gasteiger partial charge is 0.496 e. The maximum absolute atomic E-state index is 15.2. The number of hydrogen-bond donors (Lipinski definition) is 0. The average Bonchev–Trinajstić information content (AvgIpc) is 3.63. The fourth-order valence-electron chi connectivity index (χ4n) is 3.99. The number of fused-ring (bicyclic) bond motifs is 1. The van der Waals surface area contributed by atoms with E-state index in [0.29, 0.717) is 28.4 Å². The van der Waals surface area contributed by atoms with Crippen LogP contribution in [0, 0.1) is 11.7 Å². The molecule has 0 radical (unpaired) electrons. The van der Waals surface area contributed by atoms with Crippen LogP contribution < -0.4 is 18.9 Å². The summed E-state index contributed by atoms with van der Waals surface area (Å²) in [5.74, 6) is 0.580. The summed E-state index contributed by atoms with van der Waals surface area (Å²) in [5.41, 5.74) is 1.30. The average molecular weight is 457 g/mol. The van der Waals surface area contributed by atoms with E-state index in [9.17, 15) is 4.79 Å². The van der Waals surface area contributed by atoms with Gasteiger partial charge in [0.15, 0.2) is 17.3 Å². The molecule has 1 unspecified atom stereocenters. The van der Waals surface area contributed by atoms with Crippen LogP contribution >= 0.6 is 0 Å². The van der Waals surface area contributed by atoms with Crippen LogP contribution in [0.5, 0.6) is 23.0 Å². The Labute approximate surface area is 193 Å². The van der Waals surface area contributed by atoms with E-state index in [-0.39, 0.29) is 24.1 Å². The molecule has 2 aromatic carbocycles. The lowest BCUT2D eigenvalue weighted by molar-refractivity contribution is -0.151. The second-order valence-corrected chi connectivity index (χ2v) is 8.82. The van der Waals surface area contributed by atoms with Crippen LogP contribution in [-0.2, 0) is 16.0 Å². The molecule has 7 heteroatoms. The van der Waals surface area contributed by atoms with E-state index in [0.717, 1.165) is 18.4 Å². The van der Waals surface area contributed by atoms with Crippen molar-refractivity contribution in [1.29, 1.82) is 0 Å². The molecule has 0 bridgehead atoms. The molecule has 0 amide bonds. The highest BCUT2D eigenvalue weighted by Gasteiger charge is 2.35. The Kier molecular flexibility index (Phi) is 6.23. The van der Waals surface area contributed by atoms with Crippen LogP contribution in [-0.4, -0.2) is 32.9 Å². The normalized spacial score (nSPS) is 16.9. The Morgan fingerprint density at radius 3 is 2.45 bits per heavy atom. The molecule has 1 saturated carbocycles. The van der Waals surface area contributed by atoms with Gasteiger partial charge in [-0.05, 0) is 62.6 Å². The lowest BCUT2D eigenvalue weighted by Crippen LogP contribution is -2.27. The summed E-state index contributed by atoms with van der Waals surface area (Å²) in [6.07, 6.45) is 4.86. The van der Waals surface area contributed by atoms with Gasteiger partial charge in [0.1, 0.15) is 23.2 Å². The molecule has 4 rings (SSSR count). The lowest BCUT2D eigenvalue weighted by atomic mass is 9.94. The van der Waals surface area contributed by atoms with Crippen LogP contribution in [0.3, 0.4) is 0 Å². The Bertz CT molecular complexity index is 1090. The molecule has 1 aliphatic heterocycles. The van der Waals surface area contributed by atoms with E-state index < -0.39 is 17.5 Å². The number of halogens is 1. The van der Waals surface area contributed by atoms with Crippen LogP contribution in [0.4, 0.5) is 4.39 Å². The molecule has 1 atom stereocenters. The number of carbonyl (C=O) groups is 1. The SMILES string of the molecule is COc1ccc(CC(OC(=O)C2CC2)c2ccc3c(c2OC)C=CC(C)(C)O3)c(F)c1OC. The van der Waals surface area contributed by atoms with E-state index in [1.807, 2.05) is 38.1 Å². The number of ether oxygens (including phenoxy) is 5. The summed E-state index contributed by atoms with van der Waals surface area (Å²) in [6, 6.07) is 6.91. The Morgan fingerprint density at radius 2 is 1.82 bits per heavy atom. The molecule has 1 fully saturated rings. The van der Waals surface area contributed by atoms with Crippen LogP contribution in [0.1, 0.15) is 49.5 Å². The second-order valence-electron chi connectivity index (χ2n) is 8.82. The third kappa shape index (κ3) is 4.63. The van der Waals surface area contributed by atoms with Gasteiger partial charge in [-0.3, -0.25) is 4.79 Å². The quantitative estimate of drug-likeness (QED) is 0.504. The molecule has 33 heavy (non-hydrogen) atoms. The first-order valence-electron chi connectivity index (χ1n) is 11.0. The highest BCUT2D eigenvalue weighted by Crippen LogP contribution is 2.44. The molecule has 0 aromatic heterocycles. The third-order valence-corrected chi connectivity index (χ3v) is 5.90. The molecule has 6 nitrogen and oxygen atoms in total. The number of carbonyl (C=O) groups excluding carboxylic acids is 1. The predicted molar refractivity (Wildman–Crippen MR) is 122 cm³/mol. The van der Waals surface area contributed by atoms with Gasteiger partial charge in [-0.15, -0.1) is 0 Å². The van der Waals surface area contributed by atoms with Gasteiger partial charge in [0.05, 0.1) is 32.8 Å². The van der Waals surface area contributed by atoms with Gasteiger partial charge in [0, 0.05) is 12.0 Å². The fourth-order valence-corrected chi connectivity index (χ4v) is 3.99. The molecule has 2 aliphatic rings. The van der Waals surface area contributed by atoms with Gasteiger partial charge in [-0.2, -0.15) is 0 Å². The smallest absolute Gasteiger partial charge is 0.309 e. The second kappa shape index (κ2) is 8.96. The van der Waals surface area contributed by atoms with Crippen LogP contribution in [0.2, 0.25) is 0 Å². The number of esters is 1.